The molecule has 2 N–H and O–H groups in total. The van der Waals surface area contributed by atoms with E-state index in [4.69, 9.17) is 5.73 Å². The normalized spacial score (nSPS) is 11.1. The van der Waals surface area contributed by atoms with Gasteiger partial charge in [-0.25, -0.2) is 0 Å². The van der Waals surface area contributed by atoms with Crippen molar-refractivity contribution in [2.45, 2.75) is 52.2 Å². The highest BCUT2D eigenvalue weighted by molar-refractivity contribution is 7.99. The van der Waals surface area contributed by atoms with Crippen LogP contribution in [0, 0.1) is 19.8 Å². The second-order valence-electron chi connectivity index (χ2n) is 6.88. The Morgan fingerprint density at radius 2 is 1.92 bits per heavy atom. The van der Waals surface area contributed by atoms with Gasteiger partial charge < -0.3 is 10.3 Å². The number of carbonyl (C=O) groups is 2. The number of hydrogen-bond donors (Lipinski definition) is 1. The molecular weight excluding hydrogens is 348 g/mol. The maximum Gasteiger partial charge on any atom is 0.217 e. The smallest absolute Gasteiger partial charge is 0.217 e. The Bertz CT molecular complexity index is 799. The Labute approximate surface area is 158 Å². The Kier molecular flexibility index (Phi) is 6.97. The van der Waals surface area contributed by atoms with Crippen molar-refractivity contribution in [3.8, 4) is 0 Å². The summed E-state index contributed by atoms with van der Waals surface area (Å²) < 4.78 is 1.99. The molecule has 0 aliphatic heterocycles. The number of primary amides is 1. The van der Waals surface area contributed by atoms with Gasteiger partial charge in [0, 0.05) is 24.9 Å². The molecule has 0 fully saturated rings. The zero-order chi connectivity index (χ0) is 19.3. The van der Waals surface area contributed by atoms with Gasteiger partial charge in [-0.1, -0.05) is 37.7 Å². The molecule has 6 nitrogen and oxygen atoms in total. The summed E-state index contributed by atoms with van der Waals surface area (Å²) in [7, 11) is 0. The van der Waals surface area contributed by atoms with Crippen LogP contribution in [0.3, 0.4) is 0 Å². The predicted molar refractivity (Wildman–Crippen MR) is 103 cm³/mol. The van der Waals surface area contributed by atoms with Gasteiger partial charge >= 0.3 is 0 Å². The number of benzene rings is 1. The largest absolute Gasteiger partial charge is 0.370 e. The summed E-state index contributed by atoms with van der Waals surface area (Å²) in [4.78, 5) is 23.5. The summed E-state index contributed by atoms with van der Waals surface area (Å²) in [6, 6.07) is 5.76. The van der Waals surface area contributed by atoms with Crippen molar-refractivity contribution >= 4 is 23.5 Å². The molecule has 0 radical (unpaired) electrons. The van der Waals surface area contributed by atoms with Crippen LogP contribution < -0.4 is 5.73 Å². The first kappa shape index (κ1) is 20.2. The van der Waals surface area contributed by atoms with E-state index in [1.807, 2.05) is 36.6 Å². The molecule has 0 aliphatic rings. The predicted octanol–water partition coefficient (Wildman–Crippen LogP) is 2.94. The standard InChI is InChI=1S/C19H26N4O2S/c1-12(2)10-23-18(8-7-17(20)25)21-22-19(23)26-11-16(24)15-6-5-13(3)14(4)9-15/h5-6,9,12H,7-8,10-11H2,1-4H3,(H2,20,25). The first-order valence-corrected chi connectivity index (χ1v) is 9.70. The van der Waals surface area contributed by atoms with Gasteiger partial charge in [0.1, 0.15) is 5.82 Å². The monoisotopic (exact) mass is 374 g/mol. The van der Waals surface area contributed by atoms with Crippen molar-refractivity contribution in [2.75, 3.05) is 5.75 Å². The minimum atomic E-state index is -0.358. The number of hydrogen-bond acceptors (Lipinski definition) is 5. The highest BCUT2D eigenvalue weighted by atomic mass is 32.2. The summed E-state index contributed by atoms with van der Waals surface area (Å²) >= 11 is 1.38. The summed E-state index contributed by atoms with van der Waals surface area (Å²) in [6.07, 6.45) is 0.698. The Balaban J connectivity index is 2.11. The van der Waals surface area contributed by atoms with Gasteiger partial charge in [0.2, 0.25) is 5.91 Å². The third-order valence-corrected chi connectivity index (χ3v) is 5.06. The number of nitrogens with two attached hydrogens (primary N) is 1. The average molecular weight is 375 g/mol. The van der Waals surface area contributed by atoms with Crippen LogP contribution in [0.15, 0.2) is 23.4 Å². The maximum atomic E-state index is 12.5. The van der Waals surface area contributed by atoms with E-state index in [2.05, 4.69) is 24.0 Å². The highest BCUT2D eigenvalue weighted by Crippen LogP contribution is 2.21. The summed E-state index contributed by atoms with van der Waals surface area (Å²) in [6.45, 7) is 8.98. The van der Waals surface area contributed by atoms with Crippen LogP contribution in [0.25, 0.3) is 0 Å². The fraction of sp³-hybridized carbons (Fsp3) is 0.474. The summed E-state index contributed by atoms with van der Waals surface area (Å²) in [5.41, 5.74) is 8.23. The maximum absolute atomic E-state index is 12.5. The minimum Gasteiger partial charge on any atom is -0.370 e. The van der Waals surface area contributed by atoms with Gasteiger partial charge in [0.25, 0.3) is 0 Å². The molecule has 0 aliphatic carbocycles. The van der Waals surface area contributed by atoms with Crippen LogP contribution in [-0.2, 0) is 17.8 Å². The fourth-order valence-electron chi connectivity index (χ4n) is 2.52. The first-order valence-electron chi connectivity index (χ1n) is 8.71. The second-order valence-corrected chi connectivity index (χ2v) is 7.82. The van der Waals surface area contributed by atoms with Crippen molar-refractivity contribution in [3.05, 3.63) is 40.7 Å². The van der Waals surface area contributed by atoms with Gasteiger partial charge in [0.15, 0.2) is 10.9 Å². The van der Waals surface area contributed by atoms with Gasteiger partial charge in [-0.05, 0) is 37.0 Å². The van der Waals surface area contributed by atoms with E-state index in [0.29, 0.717) is 28.8 Å². The number of amides is 1. The molecule has 1 amide bonds. The average Bonchev–Trinajstić information content (AvgIpc) is 2.94. The van der Waals surface area contributed by atoms with Crippen LogP contribution in [0.4, 0.5) is 0 Å². The van der Waals surface area contributed by atoms with Gasteiger partial charge in [-0.3, -0.25) is 9.59 Å². The molecule has 0 saturated carbocycles. The third-order valence-electron chi connectivity index (χ3n) is 4.10. The number of aryl methyl sites for hydroxylation is 3. The molecule has 1 aromatic heterocycles. The van der Waals surface area contributed by atoms with Crippen molar-refractivity contribution in [1.29, 1.82) is 0 Å². The number of Topliss-reactive ketones (excluding diaryl/α,β-unsaturated/α-hetero) is 1. The molecule has 0 spiro atoms. The number of thioether (sulfide) groups is 1. The lowest BCUT2D eigenvalue weighted by Gasteiger charge is -2.12. The SMILES string of the molecule is Cc1ccc(C(=O)CSc2nnc(CCC(N)=O)n2CC(C)C)cc1C. The zero-order valence-electron chi connectivity index (χ0n) is 15.8. The molecule has 7 heteroatoms. The quantitative estimate of drug-likeness (QED) is 0.538. The van der Waals surface area contributed by atoms with Crippen LogP contribution in [0.1, 0.15) is 47.6 Å². The van der Waals surface area contributed by atoms with E-state index in [0.717, 1.165) is 17.9 Å². The van der Waals surface area contributed by atoms with Crippen molar-refractivity contribution in [1.82, 2.24) is 14.8 Å². The molecule has 0 atom stereocenters. The van der Waals surface area contributed by atoms with E-state index in [1.165, 1.54) is 17.3 Å². The van der Waals surface area contributed by atoms with Crippen molar-refractivity contribution in [2.24, 2.45) is 11.7 Å². The van der Waals surface area contributed by atoms with Crippen molar-refractivity contribution in [3.63, 3.8) is 0 Å². The number of aromatic nitrogens is 3. The van der Waals surface area contributed by atoms with Crippen molar-refractivity contribution < 1.29 is 9.59 Å². The van der Waals surface area contributed by atoms with E-state index < -0.39 is 0 Å². The number of nitrogens with zero attached hydrogens (tertiary/aromatic N) is 3. The molecule has 0 unspecified atom stereocenters. The second kappa shape index (κ2) is 8.98. The summed E-state index contributed by atoms with van der Waals surface area (Å²) in [5.74, 6) is 1.14. The Morgan fingerprint density at radius 1 is 1.19 bits per heavy atom. The Morgan fingerprint density at radius 3 is 2.54 bits per heavy atom. The topological polar surface area (TPSA) is 90.9 Å². The molecule has 1 aromatic carbocycles. The minimum absolute atomic E-state index is 0.0656. The molecular formula is C19H26N4O2S. The van der Waals surface area contributed by atoms with E-state index in [1.54, 1.807) is 0 Å². The van der Waals surface area contributed by atoms with Gasteiger partial charge in [-0.2, -0.15) is 0 Å². The van der Waals surface area contributed by atoms with E-state index >= 15 is 0 Å². The van der Waals surface area contributed by atoms with E-state index in [9.17, 15) is 9.59 Å². The third kappa shape index (κ3) is 5.42. The molecule has 26 heavy (non-hydrogen) atoms. The lowest BCUT2D eigenvalue weighted by atomic mass is 10.0. The molecule has 0 bridgehead atoms. The van der Waals surface area contributed by atoms with Gasteiger partial charge in [-0.15, -0.1) is 10.2 Å². The molecule has 140 valence electrons. The lowest BCUT2D eigenvalue weighted by Crippen LogP contribution is -2.15. The molecule has 2 rings (SSSR count). The fourth-order valence-corrected chi connectivity index (χ4v) is 3.38. The van der Waals surface area contributed by atoms with Gasteiger partial charge in [0.05, 0.1) is 5.75 Å². The van der Waals surface area contributed by atoms with Crippen LogP contribution in [-0.4, -0.2) is 32.2 Å². The molecule has 0 saturated heterocycles. The Hall–Kier alpha value is -2.15. The lowest BCUT2D eigenvalue weighted by molar-refractivity contribution is -0.118. The van der Waals surface area contributed by atoms with Crippen LogP contribution in [0.5, 0.6) is 0 Å². The first-order chi connectivity index (χ1) is 12.3. The number of carbonyl (C=O) groups excluding carboxylic acids is 2. The van der Waals surface area contributed by atoms with E-state index in [-0.39, 0.29) is 18.1 Å². The summed E-state index contributed by atoms with van der Waals surface area (Å²) in [5, 5.41) is 9.11. The molecule has 2 aromatic rings. The van der Waals surface area contributed by atoms with Crippen LogP contribution >= 0.6 is 11.8 Å². The van der Waals surface area contributed by atoms with Crippen LogP contribution in [0.2, 0.25) is 0 Å². The number of ketones is 1. The highest BCUT2D eigenvalue weighted by Gasteiger charge is 2.16. The number of rotatable bonds is 9. The molecule has 1 heterocycles. The zero-order valence-corrected chi connectivity index (χ0v) is 16.6.